The number of aromatic nitrogens is 1. The van der Waals surface area contributed by atoms with Gasteiger partial charge in [0, 0.05) is 10.6 Å². The molecule has 106 valence electrons. The van der Waals surface area contributed by atoms with Gasteiger partial charge in [-0.15, -0.1) is 0 Å². The van der Waals surface area contributed by atoms with Crippen LogP contribution in [0.4, 0.5) is 4.39 Å². The molecule has 2 aromatic carbocycles. The molecule has 0 unspecified atom stereocenters. The number of nitrogens with zero attached hydrogens (tertiary/aromatic N) is 2. The van der Waals surface area contributed by atoms with Crippen molar-refractivity contribution in [2.24, 2.45) is 12.0 Å². The summed E-state index contributed by atoms with van der Waals surface area (Å²) in [4.78, 5) is 17.0. The van der Waals surface area contributed by atoms with Gasteiger partial charge in [0.25, 0.3) is 5.91 Å². The summed E-state index contributed by atoms with van der Waals surface area (Å²) in [5.74, 6) is -0.581. The van der Waals surface area contributed by atoms with Gasteiger partial charge < -0.3 is 4.57 Å². The van der Waals surface area contributed by atoms with Gasteiger partial charge in [-0.1, -0.05) is 23.5 Å². The monoisotopic (exact) mass is 412 g/mol. The lowest BCUT2D eigenvalue weighted by Gasteiger charge is -1.98. The number of hydrogen-bond donors (Lipinski definition) is 0. The largest absolute Gasteiger partial charge is 0.319 e. The average molecular weight is 412 g/mol. The van der Waals surface area contributed by atoms with Gasteiger partial charge >= 0.3 is 0 Å². The summed E-state index contributed by atoms with van der Waals surface area (Å²) in [5, 5.41) is 0. The number of fused-ring (bicyclic) bond motifs is 1. The predicted octanol–water partition coefficient (Wildman–Crippen LogP) is 3.72. The van der Waals surface area contributed by atoms with E-state index in [1.807, 2.05) is 25.2 Å². The second kappa shape index (κ2) is 5.69. The standard InChI is InChI=1S/C15H10FIN2OS/c1-19-12-7-6-9(16)8-13(12)21-15(19)18-14(20)10-4-2-3-5-11(10)17/h2-8H,1H3. The van der Waals surface area contributed by atoms with Gasteiger partial charge in [-0.05, 0) is 52.9 Å². The van der Waals surface area contributed by atoms with Crippen molar-refractivity contribution in [3.05, 3.63) is 62.2 Å². The molecule has 0 radical (unpaired) electrons. The zero-order valence-corrected chi connectivity index (χ0v) is 14.0. The van der Waals surface area contributed by atoms with Crippen molar-refractivity contribution in [1.29, 1.82) is 0 Å². The van der Waals surface area contributed by atoms with Crippen molar-refractivity contribution in [2.45, 2.75) is 0 Å². The first-order valence-electron chi connectivity index (χ1n) is 6.15. The number of hydrogen-bond acceptors (Lipinski definition) is 2. The van der Waals surface area contributed by atoms with E-state index < -0.39 is 0 Å². The van der Waals surface area contributed by atoms with E-state index in [1.54, 1.807) is 16.7 Å². The van der Waals surface area contributed by atoms with Crippen LogP contribution in [0.2, 0.25) is 0 Å². The first-order valence-corrected chi connectivity index (χ1v) is 8.04. The van der Waals surface area contributed by atoms with Crippen molar-refractivity contribution in [3.63, 3.8) is 0 Å². The van der Waals surface area contributed by atoms with Gasteiger partial charge in [-0.3, -0.25) is 4.79 Å². The van der Waals surface area contributed by atoms with Crippen molar-refractivity contribution >= 4 is 50.1 Å². The Morgan fingerprint density at radius 2 is 2.05 bits per heavy atom. The summed E-state index contributed by atoms with van der Waals surface area (Å²) in [5.41, 5.74) is 1.43. The Balaban J connectivity index is 2.14. The van der Waals surface area contributed by atoms with Crippen LogP contribution in [-0.2, 0) is 7.05 Å². The minimum Gasteiger partial charge on any atom is -0.319 e. The fourth-order valence-corrected chi connectivity index (χ4v) is 3.66. The molecular formula is C15H10FIN2OS. The Morgan fingerprint density at radius 1 is 1.29 bits per heavy atom. The van der Waals surface area contributed by atoms with Crippen molar-refractivity contribution < 1.29 is 9.18 Å². The SMILES string of the molecule is Cn1c(=NC(=O)c2ccccc2I)sc2cc(F)ccc21. The van der Waals surface area contributed by atoms with Gasteiger partial charge in [0.1, 0.15) is 5.82 Å². The summed E-state index contributed by atoms with van der Waals surface area (Å²) in [7, 11) is 1.82. The molecule has 0 spiro atoms. The highest BCUT2D eigenvalue weighted by atomic mass is 127. The van der Waals surface area contributed by atoms with E-state index in [2.05, 4.69) is 27.6 Å². The highest BCUT2D eigenvalue weighted by molar-refractivity contribution is 14.1. The maximum atomic E-state index is 13.3. The molecule has 1 amide bonds. The molecule has 0 bridgehead atoms. The molecule has 0 N–H and O–H groups in total. The third-order valence-corrected chi connectivity index (χ3v) is 5.11. The van der Waals surface area contributed by atoms with Gasteiger partial charge in [0.2, 0.25) is 0 Å². The second-order valence-corrected chi connectivity index (χ2v) is 6.62. The number of carbonyl (C=O) groups is 1. The number of rotatable bonds is 1. The van der Waals surface area contributed by atoms with Crippen LogP contribution >= 0.6 is 33.9 Å². The molecule has 3 rings (SSSR count). The normalized spacial score (nSPS) is 12.0. The Hall–Kier alpha value is -1.54. The Labute approximate surface area is 137 Å². The van der Waals surface area contributed by atoms with Crippen LogP contribution in [0, 0.1) is 9.39 Å². The lowest BCUT2D eigenvalue weighted by Crippen LogP contribution is -2.13. The maximum absolute atomic E-state index is 13.3. The second-order valence-electron chi connectivity index (χ2n) is 4.45. The highest BCUT2D eigenvalue weighted by Crippen LogP contribution is 2.18. The first kappa shape index (κ1) is 14.4. The molecule has 0 atom stereocenters. The molecular weight excluding hydrogens is 402 g/mol. The highest BCUT2D eigenvalue weighted by Gasteiger charge is 2.10. The Morgan fingerprint density at radius 3 is 2.81 bits per heavy atom. The molecule has 0 aliphatic heterocycles. The van der Waals surface area contributed by atoms with Crippen LogP contribution in [0.25, 0.3) is 10.2 Å². The maximum Gasteiger partial charge on any atom is 0.280 e. The molecule has 0 aliphatic carbocycles. The smallest absolute Gasteiger partial charge is 0.280 e. The van der Waals surface area contributed by atoms with E-state index in [0.717, 1.165) is 13.8 Å². The minimum atomic E-state index is -0.292. The summed E-state index contributed by atoms with van der Waals surface area (Å²) < 4.78 is 16.7. The topological polar surface area (TPSA) is 34.4 Å². The van der Waals surface area contributed by atoms with E-state index in [-0.39, 0.29) is 11.7 Å². The van der Waals surface area contributed by atoms with E-state index in [1.165, 1.54) is 23.5 Å². The fourth-order valence-electron chi connectivity index (χ4n) is 2.00. The van der Waals surface area contributed by atoms with E-state index in [9.17, 15) is 9.18 Å². The molecule has 1 aromatic heterocycles. The van der Waals surface area contributed by atoms with Crippen molar-refractivity contribution in [3.8, 4) is 0 Å². The van der Waals surface area contributed by atoms with Crippen molar-refractivity contribution in [2.75, 3.05) is 0 Å². The Kier molecular flexibility index (Phi) is 3.90. The molecule has 21 heavy (non-hydrogen) atoms. The quantitative estimate of drug-likeness (QED) is 0.561. The van der Waals surface area contributed by atoms with Crippen molar-refractivity contribution in [1.82, 2.24) is 4.57 Å². The zero-order chi connectivity index (χ0) is 15.0. The number of thiazole rings is 1. The van der Waals surface area contributed by atoms with Gasteiger partial charge in [0.05, 0.1) is 15.8 Å². The summed E-state index contributed by atoms with van der Waals surface area (Å²) in [6, 6.07) is 11.9. The third kappa shape index (κ3) is 2.77. The zero-order valence-electron chi connectivity index (χ0n) is 11.0. The fraction of sp³-hybridized carbons (Fsp3) is 0.0667. The van der Waals surface area contributed by atoms with Gasteiger partial charge in [-0.25, -0.2) is 4.39 Å². The lowest BCUT2D eigenvalue weighted by atomic mass is 10.2. The number of benzene rings is 2. The molecule has 0 aliphatic rings. The number of aryl methyl sites for hydroxylation is 1. The Bertz CT molecular complexity index is 913. The summed E-state index contributed by atoms with van der Waals surface area (Å²) >= 11 is 3.41. The molecule has 3 nitrogen and oxygen atoms in total. The molecule has 1 heterocycles. The van der Waals surface area contributed by atoms with Gasteiger partial charge in [0.15, 0.2) is 4.80 Å². The molecule has 0 fully saturated rings. The van der Waals surface area contributed by atoms with Crippen LogP contribution in [0.15, 0.2) is 47.5 Å². The number of amides is 1. The molecule has 3 aromatic rings. The average Bonchev–Trinajstić information content (AvgIpc) is 2.75. The van der Waals surface area contributed by atoms with Gasteiger partial charge in [-0.2, -0.15) is 4.99 Å². The third-order valence-electron chi connectivity index (χ3n) is 3.07. The van der Waals surface area contributed by atoms with Crippen LogP contribution in [0.5, 0.6) is 0 Å². The number of halogens is 2. The first-order chi connectivity index (χ1) is 10.1. The lowest BCUT2D eigenvalue weighted by molar-refractivity contribution is 0.0997. The predicted molar refractivity (Wildman–Crippen MR) is 89.8 cm³/mol. The summed E-state index contributed by atoms with van der Waals surface area (Å²) in [6.45, 7) is 0. The van der Waals surface area contributed by atoms with Crippen LogP contribution in [0.3, 0.4) is 0 Å². The van der Waals surface area contributed by atoms with Crippen LogP contribution < -0.4 is 4.80 Å². The molecule has 0 saturated heterocycles. The van der Waals surface area contributed by atoms with E-state index in [4.69, 9.17) is 0 Å². The number of carbonyl (C=O) groups excluding carboxylic acids is 1. The van der Waals surface area contributed by atoms with E-state index in [0.29, 0.717) is 10.4 Å². The molecule has 0 saturated carbocycles. The van der Waals surface area contributed by atoms with Crippen LogP contribution in [0.1, 0.15) is 10.4 Å². The van der Waals surface area contributed by atoms with E-state index >= 15 is 0 Å². The minimum absolute atomic E-state index is 0.289. The van der Waals surface area contributed by atoms with Crippen LogP contribution in [-0.4, -0.2) is 10.5 Å². The summed E-state index contributed by atoms with van der Waals surface area (Å²) in [6.07, 6.45) is 0. The molecule has 6 heteroatoms.